The molecule has 1 aromatic carbocycles. The zero-order valence-electron chi connectivity index (χ0n) is 19.4. The van der Waals surface area contributed by atoms with Gasteiger partial charge in [0.05, 0.1) is 18.9 Å². The van der Waals surface area contributed by atoms with Gasteiger partial charge in [0.2, 0.25) is 0 Å². The fraction of sp³-hybridized carbons (Fsp3) is 0.696. The molecule has 4 nitrogen and oxygen atoms in total. The summed E-state index contributed by atoms with van der Waals surface area (Å²) in [5.41, 5.74) is 0.795. The molecule has 1 aromatic rings. The predicted molar refractivity (Wildman–Crippen MR) is 120 cm³/mol. The van der Waals surface area contributed by atoms with Gasteiger partial charge in [0.15, 0.2) is 5.75 Å². The van der Waals surface area contributed by atoms with Gasteiger partial charge in [0.1, 0.15) is 5.75 Å². The Hall–Kier alpha value is -1.55. The van der Waals surface area contributed by atoms with Crippen LogP contribution in [0, 0.1) is 0 Å². The molecular formula is C23H45NO3. The standard InChI is InChI=1S/C16H25NO3.C3H8.2C2H6/c1-4-5-6-7-12-19-15-8-10-16(11-9-15)20-17-14(2)13-18-3;1-3-2;2*1-2/h8-11H,4-7,12-13H2,1-3H3;3H2,1-2H3;2*1-2H3/b17-14+;;;. The van der Waals surface area contributed by atoms with E-state index in [1.807, 2.05) is 58.9 Å². The Bertz CT molecular complexity index is 403. The Balaban J connectivity index is -0.000000725. The van der Waals surface area contributed by atoms with Gasteiger partial charge in [-0.25, -0.2) is 0 Å². The van der Waals surface area contributed by atoms with Gasteiger partial charge in [-0.15, -0.1) is 0 Å². The van der Waals surface area contributed by atoms with Crippen molar-refractivity contribution >= 4 is 5.71 Å². The highest BCUT2D eigenvalue weighted by atomic mass is 16.6. The number of oxime groups is 1. The molecule has 4 heteroatoms. The van der Waals surface area contributed by atoms with Crippen molar-refractivity contribution in [2.45, 2.75) is 87.5 Å². The number of unbranched alkanes of at least 4 members (excludes halogenated alkanes) is 3. The van der Waals surface area contributed by atoms with Crippen LogP contribution in [0.2, 0.25) is 0 Å². The second-order valence-corrected chi connectivity index (χ2v) is 5.44. The molecule has 27 heavy (non-hydrogen) atoms. The minimum absolute atomic E-state index is 0.471. The minimum atomic E-state index is 0.471. The SMILES string of the molecule is CC.CC.CCC.CCCCCCOc1ccc(O/N=C(\C)COC)cc1. The van der Waals surface area contributed by atoms with Crippen molar-refractivity contribution in [2.75, 3.05) is 20.3 Å². The van der Waals surface area contributed by atoms with Gasteiger partial charge in [0.25, 0.3) is 0 Å². The van der Waals surface area contributed by atoms with E-state index in [0.717, 1.165) is 24.5 Å². The first-order valence-corrected chi connectivity index (χ1v) is 10.6. The number of ether oxygens (including phenoxy) is 2. The monoisotopic (exact) mass is 383 g/mol. The number of hydrogen-bond acceptors (Lipinski definition) is 4. The van der Waals surface area contributed by atoms with Gasteiger partial charge in [-0.1, -0.05) is 79.3 Å². The van der Waals surface area contributed by atoms with Crippen molar-refractivity contribution in [1.29, 1.82) is 0 Å². The molecule has 160 valence electrons. The number of nitrogens with zero attached hydrogens (tertiary/aromatic N) is 1. The largest absolute Gasteiger partial charge is 0.494 e. The Kier molecular flexibility index (Phi) is 29.8. The molecule has 0 atom stereocenters. The summed E-state index contributed by atoms with van der Waals surface area (Å²) in [6.45, 7) is 17.6. The molecule has 0 amide bonds. The average molecular weight is 384 g/mol. The third-order valence-corrected chi connectivity index (χ3v) is 2.75. The molecule has 0 aliphatic carbocycles. The fourth-order valence-electron chi connectivity index (χ4n) is 1.68. The summed E-state index contributed by atoms with van der Waals surface area (Å²) < 4.78 is 10.6. The number of hydrogen-bond donors (Lipinski definition) is 0. The Morgan fingerprint density at radius 2 is 1.37 bits per heavy atom. The van der Waals surface area contributed by atoms with E-state index in [1.165, 1.54) is 25.7 Å². The van der Waals surface area contributed by atoms with Crippen LogP contribution in [0.5, 0.6) is 11.5 Å². The molecule has 0 radical (unpaired) electrons. The van der Waals surface area contributed by atoms with Crippen molar-refractivity contribution in [1.82, 2.24) is 0 Å². The molecule has 0 saturated carbocycles. The van der Waals surface area contributed by atoms with E-state index in [2.05, 4.69) is 25.9 Å². The maximum atomic E-state index is 5.66. The molecule has 0 N–H and O–H groups in total. The Labute approximate surface area is 169 Å². The van der Waals surface area contributed by atoms with E-state index in [-0.39, 0.29) is 0 Å². The van der Waals surface area contributed by atoms with Crippen LogP contribution >= 0.6 is 0 Å². The average Bonchev–Trinajstić information content (AvgIpc) is 2.71. The van der Waals surface area contributed by atoms with E-state index >= 15 is 0 Å². The molecule has 0 bridgehead atoms. The lowest BCUT2D eigenvalue weighted by atomic mass is 10.2. The lowest BCUT2D eigenvalue weighted by Gasteiger charge is -2.06. The highest BCUT2D eigenvalue weighted by molar-refractivity contribution is 5.82. The van der Waals surface area contributed by atoms with E-state index in [1.54, 1.807) is 7.11 Å². The summed E-state index contributed by atoms with van der Waals surface area (Å²) in [6, 6.07) is 7.50. The topological polar surface area (TPSA) is 40.0 Å². The minimum Gasteiger partial charge on any atom is -0.494 e. The van der Waals surface area contributed by atoms with Gasteiger partial charge in [-0.05, 0) is 37.6 Å². The third kappa shape index (κ3) is 22.4. The highest BCUT2D eigenvalue weighted by Gasteiger charge is 1.97. The Morgan fingerprint density at radius 1 is 0.852 bits per heavy atom. The summed E-state index contributed by atoms with van der Waals surface area (Å²) in [5, 5.41) is 3.96. The predicted octanol–water partition coefficient (Wildman–Crippen LogP) is 7.52. The first-order chi connectivity index (χ1) is 13.2. The van der Waals surface area contributed by atoms with Crippen LogP contribution in [0.25, 0.3) is 0 Å². The van der Waals surface area contributed by atoms with Crippen LogP contribution in [0.15, 0.2) is 29.4 Å². The lowest BCUT2D eigenvalue weighted by molar-refractivity contribution is 0.239. The quantitative estimate of drug-likeness (QED) is 0.238. The van der Waals surface area contributed by atoms with E-state index in [9.17, 15) is 0 Å². The van der Waals surface area contributed by atoms with Crippen LogP contribution in [-0.2, 0) is 4.74 Å². The van der Waals surface area contributed by atoms with Gasteiger partial charge >= 0.3 is 0 Å². The van der Waals surface area contributed by atoms with Crippen molar-refractivity contribution in [2.24, 2.45) is 5.16 Å². The molecule has 0 unspecified atom stereocenters. The number of methoxy groups -OCH3 is 1. The summed E-state index contributed by atoms with van der Waals surface area (Å²) in [6.07, 6.45) is 6.10. The van der Waals surface area contributed by atoms with E-state index in [0.29, 0.717) is 12.4 Å². The summed E-state index contributed by atoms with van der Waals surface area (Å²) in [5.74, 6) is 1.56. The van der Waals surface area contributed by atoms with E-state index in [4.69, 9.17) is 14.3 Å². The van der Waals surface area contributed by atoms with Crippen LogP contribution in [0.1, 0.15) is 87.5 Å². The highest BCUT2D eigenvalue weighted by Crippen LogP contribution is 2.18. The van der Waals surface area contributed by atoms with Gasteiger partial charge in [0, 0.05) is 7.11 Å². The maximum Gasteiger partial charge on any atom is 0.158 e. The summed E-state index contributed by atoms with van der Waals surface area (Å²) >= 11 is 0. The Morgan fingerprint density at radius 3 is 1.85 bits per heavy atom. The second kappa shape index (κ2) is 26.7. The molecule has 0 fully saturated rings. The third-order valence-electron chi connectivity index (χ3n) is 2.75. The molecule has 0 saturated heterocycles. The van der Waals surface area contributed by atoms with Crippen LogP contribution in [-0.4, -0.2) is 26.0 Å². The molecule has 0 aliphatic rings. The zero-order chi connectivity index (χ0) is 21.3. The normalized spacial score (nSPS) is 9.59. The maximum absolute atomic E-state index is 5.66. The number of benzene rings is 1. The lowest BCUT2D eigenvalue weighted by Crippen LogP contribution is -2.03. The smallest absolute Gasteiger partial charge is 0.158 e. The second-order valence-electron chi connectivity index (χ2n) is 5.44. The summed E-state index contributed by atoms with van der Waals surface area (Å²) in [7, 11) is 1.63. The molecule has 0 heterocycles. The first kappa shape index (κ1) is 30.2. The van der Waals surface area contributed by atoms with Gasteiger partial charge in [-0.3, -0.25) is 0 Å². The first-order valence-electron chi connectivity index (χ1n) is 10.6. The van der Waals surface area contributed by atoms with Crippen molar-refractivity contribution in [3.63, 3.8) is 0 Å². The van der Waals surface area contributed by atoms with Gasteiger partial charge < -0.3 is 14.3 Å². The molecule has 1 rings (SSSR count). The number of rotatable bonds is 10. The van der Waals surface area contributed by atoms with Gasteiger partial charge in [-0.2, -0.15) is 0 Å². The molecule has 0 aromatic heterocycles. The van der Waals surface area contributed by atoms with E-state index < -0.39 is 0 Å². The summed E-state index contributed by atoms with van der Waals surface area (Å²) in [4.78, 5) is 5.29. The fourth-order valence-corrected chi connectivity index (χ4v) is 1.68. The molecule has 0 aliphatic heterocycles. The zero-order valence-corrected chi connectivity index (χ0v) is 19.4. The van der Waals surface area contributed by atoms with Crippen molar-refractivity contribution < 1.29 is 14.3 Å². The van der Waals surface area contributed by atoms with Crippen molar-refractivity contribution in [3.05, 3.63) is 24.3 Å². The van der Waals surface area contributed by atoms with Crippen LogP contribution in [0.4, 0.5) is 0 Å². The van der Waals surface area contributed by atoms with Crippen LogP contribution in [0.3, 0.4) is 0 Å². The molecular weight excluding hydrogens is 338 g/mol. The molecule has 0 spiro atoms. The van der Waals surface area contributed by atoms with Crippen molar-refractivity contribution in [3.8, 4) is 11.5 Å². The van der Waals surface area contributed by atoms with Crippen LogP contribution < -0.4 is 9.57 Å².